The number of benzene rings is 3. The van der Waals surface area contributed by atoms with Gasteiger partial charge in [-0.05, 0) is 47.4 Å². The summed E-state index contributed by atoms with van der Waals surface area (Å²) in [6.45, 7) is 4.02. The van der Waals surface area contributed by atoms with Gasteiger partial charge in [0.25, 0.3) is 0 Å². The first-order valence-corrected chi connectivity index (χ1v) is 10.3. The molecule has 0 aromatic heterocycles. The Labute approximate surface area is 192 Å². The van der Waals surface area contributed by atoms with E-state index in [0.29, 0.717) is 35.2 Å². The Kier molecular flexibility index (Phi) is 7.14. The standard InChI is InChI=1S/C25H22F7NO/c1-16(2)18-7-4-10-21(13-18)34-22-11-5-9-20(14-22)33-15-17-6-3-8-19(12-17)23(26,27)24(28,29)25(30,31)32/h3-14,16,33H,15H2,1-2H3. The molecular formula is C25H22F7NO. The Morgan fingerprint density at radius 2 is 1.38 bits per heavy atom. The fraction of sp³-hybridized carbons (Fsp3) is 0.280. The van der Waals surface area contributed by atoms with E-state index in [1.54, 1.807) is 30.3 Å². The van der Waals surface area contributed by atoms with Crippen LogP contribution in [0.4, 0.5) is 36.4 Å². The average molecular weight is 485 g/mol. The molecule has 182 valence electrons. The van der Waals surface area contributed by atoms with Crippen molar-refractivity contribution in [3.8, 4) is 11.5 Å². The highest BCUT2D eigenvalue weighted by Crippen LogP contribution is 2.51. The van der Waals surface area contributed by atoms with Crippen LogP contribution in [0.15, 0.2) is 72.8 Å². The summed E-state index contributed by atoms with van der Waals surface area (Å²) in [5.74, 6) is -10.2. The normalized spacial score (nSPS) is 12.6. The predicted octanol–water partition coefficient (Wildman–Crippen LogP) is 8.50. The zero-order valence-corrected chi connectivity index (χ0v) is 18.3. The number of rotatable bonds is 8. The summed E-state index contributed by atoms with van der Waals surface area (Å²) in [7, 11) is 0. The van der Waals surface area contributed by atoms with Crippen LogP contribution in [0.5, 0.6) is 11.5 Å². The summed E-state index contributed by atoms with van der Waals surface area (Å²) in [6.07, 6.45) is -6.39. The van der Waals surface area contributed by atoms with Gasteiger partial charge in [-0.2, -0.15) is 30.7 Å². The number of alkyl halides is 7. The molecular weight excluding hydrogens is 463 g/mol. The van der Waals surface area contributed by atoms with E-state index in [1.807, 2.05) is 18.2 Å². The Bertz CT molecular complexity index is 1130. The maximum Gasteiger partial charge on any atom is 0.460 e. The van der Waals surface area contributed by atoms with E-state index in [-0.39, 0.29) is 12.1 Å². The number of hydrogen-bond acceptors (Lipinski definition) is 2. The lowest BCUT2D eigenvalue weighted by atomic mass is 9.99. The van der Waals surface area contributed by atoms with Crippen LogP contribution in [0.25, 0.3) is 0 Å². The fourth-order valence-electron chi connectivity index (χ4n) is 3.18. The van der Waals surface area contributed by atoms with Gasteiger partial charge in [-0.1, -0.05) is 50.2 Å². The molecule has 0 heterocycles. The lowest BCUT2D eigenvalue weighted by Crippen LogP contribution is -2.50. The van der Waals surface area contributed by atoms with Gasteiger partial charge in [0.2, 0.25) is 0 Å². The van der Waals surface area contributed by atoms with Crippen LogP contribution in [0.3, 0.4) is 0 Å². The lowest BCUT2D eigenvalue weighted by Gasteiger charge is -2.28. The third-order valence-electron chi connectivity index (χ3n) is 5.13. The molecule has 3 aromatic carbocycles. The summed E-state index contributed by atoms with van der Waals surface area (Å²) in [4.78, 5) is 0. The average Bonchev–Trinajstić information content (AvgIpc) is 2.77. The predicted molar refractivity (Wildman–Crippen MR) is 116 cm³/mol. The van der Waals surface area contributed by atoms with Gasteiger partial charge in [0, 0.05) is 23.9 Å². The van der Waals surface area contributed by atoms with Crippen molar-refractivity contribution in [1.82, 2.24) is 0 Å². The Balaban J connectivity index is 1.73. The van der Waals surface area contributed by atoms with E-state index in [2.05, 4.69) is 19.2 Å². The van der Waals surface area contributed by atoms with Crippen molar-refractivity contribution < 1.29 is 35.5 Å². The van der Waals surface area contributed by atoms with Crippen LogP contribution in [0.1, 0.15) is 36.5 Å². The number of ether oxygens (including phenoxy) is 1. The molecule has 34 heavy (non-hydrogen) atoms. The molecule has 0 radical (unpaired) electrons. The molecule has 0 unspecified atom stereocenters. The van der Waals surface area contributed by atoms with Gasteiger partial charge in [-0.25, -0.2) is 0 Å². The van der Waals surface area contributed by atoms with Gasteiger partial charge in [0.1, 0.15) is 11.5 Å². The first-order valence-electron chi connectivity index (χ1n) is 10.3. The molecule has 9 heteroatoms. The van der Waals surface area contributed by atoms with Crippen molar-refractivity contribution in [2.45, 2.75) is 44.3 Å². The maximum atomic E-state index is 14.0. The van der Waals surface area contributed by atoms with Crippen molar-refractivity contribution >= 4 is 5.69 Å². The number of hydrogen-bond donors (Lipinski definition) is 1. The molecule has 0 bridgehead atoms. The zero-order valence-electron chi connectivity index (χ0n) is 18.3. The molecule has 3 rings (SSSR count). The van der Waals surface area contributed by atoms with Gasteiger partial charge >= 0.3 is 18.0 Å². The second-order valence-corrected chi connectivity index (χ2v) is 8.06. The summed E-state index contributed by atoms with van der Waals surface area (Å²) in [5.41, 5.74) is 0.317. The van der Waals surface area contributed by atoms with Gasteiger partial charge in [0.15, 0.2) is 0 Å². The highest BCUT2D eigenvalue weighted by molar-refractivity contribution is 5.50. The van der Waals surface area contributed by atoms with Crippen LogP contribution in [0.2, 0.25) is 0 Å². The molecule has 1 N–H and O–H groups in total. The molecule has 0 aliphatic heterocycles. The first kappa shape index (κ1) is 25.4. The van der Waals surface area contributed by atoms with E-state index < -0.39 is 23.6 Å². The van der Waals surface area contributed by atoms with E-state index in [4.69, 9.17) is 4.74 Å². The van der Waals surface area contributed by atoms with E-state index in [0.717, 1.165) is 11.6 Å². The third kappa shape index (κ3) is 5.46. The topological polar surface area (TPSA) is 21.3 Å². The Morgan fingerprint density at radius 3 is 2.03 bits per heavy atom. The second-order valence-electron chi connectivity index (χ2n) is 8.06. The molecule has 0 aliphatic carbocycles. The smallest absolute Gasteiger partial charge is 0.457 e. The summed E-state index contributed by atoms with van der Waals surface area (Å²) in [5, 5.41) is 2.93. The van der Waals surface area contributed by atoms with E-state index in [1.165, 1.54) is 6.07 Å². The highest BCUT2D eigenvalue weighted by Gasteiger charge is 2.73. The molecule has 0 atom stereocenters. The fourth-order valence-corrected chi connectivity index (χ4v) is 3.18. The molecule has 0 saturated carbocycles. The van der Waals surface area contributed by atoms with Crippen molar-refractivity contribution in [2.75, 3.05) is 5.32 Å². The number of anilines is 1. The third-order valence-corrected chi connectivity index (χ3v) is 5.13. The minimum Gasteiger partial charge on any atom is -0.457 e. The number of nitrogens with one attached hydrogen (secondary N) is 1. The van der Waals surface area contributed by atoms with Crippen molar-refractivity contribution in [3.05, 3.63) is 89.5 Å². The van der Waals surface area contributed by atoms with Crippen LogP contribution in [-0.4, -0.2) is 12.1 Å². The van der Waals surface area contributed by atoms with Crippen LogP contribution >= 0.6 is 0 Å². The van der Waals surface area contributed by atoms with Crippen LogP contribution in [-0.2, 0) is 12.5 Å². The van der Waals surface area contributed by atoms with Crippen molar-refractivity contribution in [2.24, 2.45) is 0 Å². The van der Waals surface area contributed by atoms with Gasteiger partial charge in [-0.3, -0.25) is 0 Å². The number of halogens is 7. The molecule has 3 aromatic rings. The molecule has 0 fully saturated rings. The summed E-state index contributed by atoms with van der Waals surface area (Å²) >= 11 is 0. The van der Waals surface area contributed by atoms with Gasteiger partial charge in [-0.15, -0.1) is 0 Å². The molecule has 2 nitrogen and oxygen atoms in total. The summed E-state index contributed by atoms with van der Waals surface area (Å²) < 4.78 is 98.1. The maximum absolute atomic E-state index is 14.0. The van der Waals surface area contributed by atoms with Crippen LogP contribution in [0, 0.1) is 0 Å². The minimum atomic E-state index is -6.39. The molecule has 0 saturated heterocycles. The summed E-state index contributed by atoms with van der Waals surface area (Å²) in [6, 6.07) is 17.8. The van der Waals surface area contributed by atoms with Crippen molar-refractivity contribution in [1.29, 1.82) is 0 Å². The lowest BCUT2D eigenvalue weighted by molar-refractivity contribution is -0.359. The van der Waals surface area contributed by atoms with Gasteiger partial charge < -0.3 is 10.1 Å². The molecule has 0 aliphatic rings. The van der Waals surface area contributed by atoms with Crippen LogP contribution < -0.4 is 10.1 Å². The van der Waals surface area contributed by atoms with E-state index >= 15 is 0 Å². The zero-order chi connectivity index (χ0) is 25.1. The SMILES string of the molecule is CC(C)c1cccc(Oc2cccc(NCc3cccc(C(F)(F)C(F)(F)C(F)(F)F)c3)c2)c1. The Morgan fingerprint density at radius 1 is 0.765 bits per heavy atom. The highest BCUT2D eigenvalue weighted by atomic mass is 19.4. The molecule has 0 amide bonds. The second kappa shape index (κ2) is 9.56. The van der Waals surface area contributed by atoms with Gasteiger partial charge in [0.05, 0.1) is 0 Å². The molecule has 0 spiro atoms. The van der Waals surface area contributed by atoms with Crippen molar-refractivity contribution in [3.63, 3.8) is 0 Å². The quantitative estimate of drug-likeness (QED) is 0.323. The van der Waals surface area contributed by atoms with E-state index in [9.17, 15) is 30.7 Å². The monoisotopic (exact) mass is 485 g/mol. The minimum absolute atomic E-state index is 0.0895. The Hall–Kier alpha value is -3.23. The largest absolute Gasteiger partial charge is 0.460 e. The first-order chi connectivity index (χ1) is 15.8.